The number of hydrogen-bond acceptors (Lipinski definition) is 4. The van der Waals surface area contributed by atoms with Crippen molar-refractivity contribution in [2.75, 3.05) is 0 Å². The normalized spacial score (nSPS) is 14.9. The molecule has 130 valence electrons. The lowest BCUT2D eigenvalue weighted by molar-refractivity contribution is -0.241. The van der Waals surface area contributed by atoms with E-state index in [1.165, 1.54) is 19.9 Å². The van der Waals surface area contributed by atoms with E-state index in [2.05, 4.69) is 11.9 Å². The van der Waals surface area contributed by atoms with E-state index < -0.39 is 11.4 Å². The highest BCUT2D eigenvalue weighted by atomic mass is 16.6. The molecule has 1 heterocycles. The van der Waals surface area contributed by atoms with Crippen LogP contribution in [0, 0.1) is 0 Å². The highest BCUT2D eigenvalue weighted by molar-refractivity contribution is 5.84. The Hall–Kier alpha value is -2.11. The number of benzene rings is 1. The van der Waals surface area contributed by atoms with Gasteiger partial charge in [0.15, 0.2) is 0 Å². The van der Waals surface area contributed by atoms with Gasteiger partial charge in [0.05, 0.1) is 5.52 Å². The second kappa shape index (κ2) is 7.20. The van der Waals surface area contributed by atoms with Crippen LogP contribution in [0.15, 0.2) is 47.3 Å². The van der Waals surface area contributed by atoms with E-state index in [9.17, 15) is 15.0 Å². The second-order valence-electron chi connectivity index (χ2n) is 6.45. The molecule has 0 fully saturated rings. The fourth-order valence-electron chi connectivity index (χ4n) is 2.38. The van der Waals surface area contributed by atoms with Crippen LogP contribution < -0.4 is 10.3 Å². The summed E-state index contributed by atoms with van der Waals surface area (Å²) in [5, 5.41) is 22.0. The molecule has 2 rings (SSSR count). The average molecular weight is 331 g/mol. The molecular weight excluding hydrogens is 306 g/mol. The first kappa shape index (κ1) is 18.2. The van der Waals surface area contributed by atoms with E-state index in [4.69, 9.17) is 4.74 Å². The molecule has 0 spiro atoms. The molecule has 0 aliphatic rings. The highest BCUT2D eigenvalue weighted by Gasteiger charge is 2.44. The van der Waals surface area contributed by atoms with Crippen LogP contribution in [-0.4, -0.2) is 26.6 Å². The van der Waals surface area contributed by atoms with Gasteiger partial charge in [0.25, 0.3) is 5.56 Å². The molecule has 0 saturated heterocycles. The van der Waals surface area contributed by atoms with Crippen LogP contribution in [0.2, 0.25) is 0 Å². The summed E-state index contributed by atoms with van der Waals surface area (Å²) < 4.78 is 5.78. The maximum atomic E-state index is 11.8. The van der Waals surface area contributed by atoms with Gasteiger partial charge in [-0.1, -0.05) is 37.6 Å². The Balaban J connectivity index is 2.42. The zero-order valence-corrected chi connectivity index (χ0v) is 14.4. The molecule has 2 aromatic rings. The van der Waals surface area contributed by atoms with Gasteiger partial charge in [0.1, 0.15) is 11.4 Å². The van der Waals surface area contributed by atoms with Crippen molar-refractivity contribution in [3.05, 3.63) is 52.8 Å². The van der Waals surface area contributed by atoms with Gasteiger partial charge in [0, 0.05) is 17.9 Å². The quantitative estimate of drug-likeness (QED) is 0.538. The third kappa shape index (κ3) is 4.04. The largest absolute Gasteiger partial charge is 0.458 e. The van der Waals surface area contributed by atoms with Crippen molar-refractivity contribution in [2.45, 2.75) is 51.4 Å². The zero-order chi connectivity index (χ0) is 17.8. The van der Waals surface area contributed by atoms with E-state index in [1.807, 2.05) is 12.1 Å². The molecule has 0 radical (unpaired) electrons. The number of fused-ring (bicyclic) bond motifs is 1. The number of aromatic amines is 1. The zero-order valence-electron chi connectivity index (χ0n) is 14.4. The third-order valence-corrected chi connectivity index (χ3v) is 3.96. The van der Waals surface area contributed by atoms with Crippen molar-refractivity contribution >= 4 is 10.9 Å². The molecule has 3 N–H and O–H groups in total. The van der Waals surface area contributed by atoms with E-state index >= 15 is 0 Å². The predicted octanol–water partition coefficient (Wildman–Crippen LogP) is 3.11. The van der Waals surface area contributed by atoms with Crippen molar-refractivity contribution in [3.8, 4) is 5.75 Å². The molecular formula is C19H25NO4. The predicted molar refractivity (Wildman–Crippen MR) is 95.1 cm³/mol. The van der Waals surface area contributed by atoms with E-state index in [-0.39, 0.29) is 17.7 Å². The number of allylic oxidation sites excluding steroid dienone is 1. The number of unbranched alkanes of at least 4 members (excludes halogenated alkanes) is 1. The Bertz CT molecular complexity index is 773. The van der Waals surface area contributed by atoms with Gasteiger partial charge in [-0.05, 0) is 32.4 Å². The maximum absolute atomic E-state index is 11.8. The molecule has 0 bridgehead atoms. The van der Waals surface area contributed by atoms with Gasteiger partial charge in [-0.15, -0.1) is 0 Å². The molecule has 0 aliphatic heterocycles. The Morgan fingerprint density at radius 3 is 2.58 bits per heavy atom. The minimum atomic E-state index is -1.85. The van der Waals surface area contributed by atoms with Crippen LogP contribution in [0.1, 0.15) is 40.0 Å². The monoisotopic (exact) mass is 331 g/mol. The number of pyridine rings is 1. The lowest BCUT2D eigenvalue weighted by atomic mass is 9.93. The lowest BCUT2D eigenvalue weighted by Crippen LogP contribution is -2.54. The van der Waals surface area contributed by atoms with Crippen molar-refractivity contribution in [2.24, 2.45) is 0 Å². The van der Waals surface area contributed by atoms with Crippen LogP contribution in [0.5, 0.6) is 5.75 Å². The molecule has 1 atom stereocenters. The van der Waals surface area contributed by atoms with Gasteiger partial charge in [-0.2, -0.15) is 0 Å². The van der Waals surface area contributed by atoms with E-state index in [0.29, 0.717) is 10.9 Å². The first-order valence-corrected chi connectivity index (χ1v) is 8.17. The molecule has 24 heavy (non-hydrogen) atoms. The Kier molecular flexibility index (Phi) is 5.47. The summed E-state index contributed by atoms with van der Waals surface area (Å²) in [4.78, 5) is 14.6. The number of rotatable bonds is 7. The number of aromatic nitrogens is 1. The number of aliphatic hydroxyl groups is 2. The number of hydrogen-bond donors (Lipinski definition) is 3. The van der Waals surface area contributed by atoms with Gasteiger partial charge in [-0.25, -0.2) is 0 Å². The summed E-state index contributed by atoms with van der Waals surface area (Å²) >= 11 is 0. The van der Waals surface area contributed by atoms with Gasteiger partial charge in [-0.3, -0.25) is 4.79 Å². The summed E-state index contributed by atoms with van der Waals surface area (Å²) in [6.45, 7) is 5.03. The molecule has 1 aromatic carbocycles. The molecule has 1 unspecified atom stereocenters. The van der Waals surface area contributed by atoms with Crippen LogP contribution in [-0.2, 0) is 0 Å². The third-order valence-electron chi connectivity index (χ3n) is 3.96. The Labute approximate surface area is 141 Å². The summed E-state index contributed by atoms with van der Waals surface area (Å²) in [5.74, 6) is -1.61. The number of H-pyrrole nitrogens is 1. The summed E-state index contributed by atoms with van der Waals surface area (Å²) in [6, 6.07) is 8.45. The Morgan fingerprint density at radius 2 is 1.92 bits per heavy atom. The summed E-state index contributed by atoms with van der Waals surface area (Å²) in [5.41, 5.74) is -1.24. The SMILES string of the molecule is CCC/C=C/CC(O)(Oc1cc(=O)[nH]c2ccccc12)C(C)(C)O. The topological polar surface area (TPSA) is 82.5 Å². The number of para-hydroxylation sites is 1. The van der Waals surface area contributed by atoms with Crippen LogP contribution in [0.3, 0.4) is 0 Å². The maximum Gasteiger partial charge on any atom is 0.252 e. The first-order valence-electron chi connectivity index (χ1n) is 8.17. The Morgan fingerprint density at radius 1 is 1.21 bits per heavy atom. The minimum Gasteiger partial charge on any atom is -0.458 e. The molecule has 0 saturated carbocycles. The van der Waals surface area contributed by atoms with Crippen LogP contribution in [0.4, 0.5) is 0 Å². The van der Waals surface area contributed by atoms with E-state index in [1.54, 1.807) is 24.3 Å². The second-order valence-corrected chi connectivity index (χ2v) is 6.45. The van der Waals surface area contributed by atoms with Gasteiger partial charge < -0.3 is 19.9 Å². The number of nitrogens with one attached hydrogen (secondary N) is 1. The standard InChI is InChI=1S/C19H25NO4/c1-4-5-6-9-12-19(23,18(2,3)22)24-16-13-17(21)20-15-11-8-7-10-14(15)16/h6-11,13,22-23H,4-5,12H2,1-3H3,(H,20,21)/b9-6+. The fraction of sp³-hybridized carbons (Fsp3) is 0.421. The van der Waals surface area contributed by atoms with Gasteiger partial charge >= 0.3 is 0 Å². The highest BCUT2D eigenvalue weighted by Crippen LogP contribution is 2.32. The van der Waals surface area contributed by atoms with Crippen LogP contribution in [0.25, 0.3) is 10.9 Å². The summed E-state index contributed by atoms with van der Waals surface area (Å²) in [6.07, 6.45) is 5.72. The number of ether oxygens (including phenoxy) is 1. The van der Waals surface area contributed by atoms with Crippen molar-refractivity contribution in [1.29, 1.82) is 0 Å². The molecule has 0 aliphatic carbocycles. The van der Waals surface area contributed by atoms with Crippen LogP contribution >= 0.6 is 0 Å². The van der Waals surface area contributed by atoms with E-state index in [0.717, 1.165) is 12.8 Å². The molecule has 5 heteroatoms. The lowest BCUT2D eigenvalue weighted by Gasteiger charge is -2.38. The van der Waals surface area contributed by atoms with Crippen molar-refractivity contribution < 1.29 is 14.9 Å². The van der Waals surface area contributed by atoms with Gasteiger partial charge in [0.2, 0.25) is 5.79 Å². The smallest absolute Gasteiger partial charge is 0.252 e. The summed E-state index contributed by atoms with van der Waals surface area (Å²) in [7, 11) is 0. The molecule has 0 amide bonds. The molecule has 5 nitrogen and oxygen atoms in total. The fourth-order valence-corrected chi connectivity index (χ4v) is 2.38. The molecule has 1 aromatic heterocycles. The average Bonchev–Trinajstić information content (AvgIpc) is 2.50. The first-order chi connectivity index (χ1) is 11.3. The van der Waals surface area contributed by atoms with Crippen molar-refractivity contribution in [1.82, 2.24) is 4.98 Å². The van der Waals surface area contributed by atoms with Crippen molar-refractivity contribution in [3.63, 3.8) is 0 Å². The minimum absolute atomic E-state index is 0.109.